The van der Waals surface area contributed by atoms with E-state index in [9.17, 15) is 4.79 Å². The van der Waals surface area contributed by atoms with Crippen LogP contribution in [-0.2, 0) is 14.3 Å². The summed E-state index contributed by atoms with van der Waals surface area (Å²) in [6, 6.07) is 0.136. The molecule has 1 unspecified atom stereocenters. The van der Waals surface area contributed by atoms with Gasteiger partial charge in [0.2, 0.25) is 0 Å². The predicted molar refractivity (Wildman–Crippen MR) is 62.3 cm³/mol. The number of carbonyl (C=O) groups excluding carboxylic acids is 1. The monoisotopic (exact) mass is 229 g/mol. The zero-order chi connectivity index (χ0) is 11.6. The molecule has 0 radical (unpaired) electrons. The van der Waals surface area contributed by atoms with Gasteiger partial charge in [-0.3, -0.25) is 4.79 Å². The molecule has 4 nitrogen and oxygen atoms in total. The highest BCUT2D eigenvalue weighted by Crippen LogP contribution is 2.02. The maximum absolute atomic E-state index is 11.4. The Morgan fingerprint density at radius 3 is 3.00 bits per heavy atom. The summed E-state index contributed by atoms with van der Waals surface area (Å²) in [7, 11) is 0. The molecule has 4 heteroatoms. The number of nitrogens with one attached hydrogen (secondary N) is 1. The number of hydrogen-bond donors (Lipinski definition) is 1. The zero-order valence-electron chi connectivity index (χ0n) is 10.2. The fraction of sp³-hybridized carbons (Fsp3) is 0.917. The van der Waals surface area contributed by atoms with Crippen LogP contribution in [-0.4, -0.2) is 38.4 Å². The molecule has 16 heavy (non-hydrogen) atoms. The van der Waals surface area contributed by atoms with Gasteiger partial charge in [0.1, 0.15) is 0 Å². The highest BCUT2D eigenvalue weighted by molar-refractivity contribution is 5.70. The van der Waals surface area contributed by atoms with Gasteiger partial charge >= 0.3 is 5.97 Å². The molecule has 0 aliphatic carbocycles. The van der Waals surface area contributed by atoms with Crippen LogP contribution in [0.5, 0.6) is 0 Å². The lowest BCUT2D eigenvalue weighted by Gasteiger charge is -2.22. The predicted octanol–water partition coefficient (Wildman–Crippen LogP) is 1.49. The first-order chi connectivity index (χ1) is 7.83. The molecule has 1 heterocycles. The van der Waals surface area contributed by atoms with Crippen molar-refractivity contribution in [3.05, 3.63) is 0 Å². The van der Waals surface area contributed by atoms with Gasteiger partial charge in [-0.25, -0.2) is 0 Å². The lowest BCUT2D eigenvalue weighted by molar-refractivity contribution is -0.145. The van der Waals surface area contributed by atoms with E-state index in [0.717, 1.165) is 26.0 Å². The maximum atomic E-state index is 11.4. The number of rotatable bonds is 7. The maximum Gasteiger partial charge on any atom is 0.307 e. The van der Waals surface area contributed by atoms with Gasteiger partial charge < -0.3 is 14.8 Å². The Kier molecular flexibility index (Phi) is 7.17. The molecule has 1 saturated heterocycles. The molecule has 0 spiro atoms. The highest BCUT2D eigenvalue weighted by Gasteiger charge is 2.17. The van der Waals surface area contributed by atoms with Crippen molar-refractivity contribution in [2.45, 2.75) is 45.1 Å². The summed E-state index contributed by atoms with van der Waals surface area (Å²) in [5.74, 6) is -0.112. The Labute approximate surface area is 97.7 Å². The van der Waals surface area contributed by atoms with Gasteiger partial charge in [-0.05, 0) is 6.42 Å². The molecule has 1 aliphatic heterocycles. The smallest absolute Gasteiger partial charge is 0.307 e. The fourth-order valence-corrected chi connectivity index (χ4v) is 1.73. The summed E-state index contributed by atoms with van der Waals surface area (Å²) >= 11 is 0. The molecule has 1 aliphatic rings. The number of esters is 1. The van der Waals surface area contributed by atoms with Crippen molar-refractivity contribution in [3.8, 4) is 0 Å². The first kappa shape index (κ1) is 13.5. The Morgan fingerprint density at radius 2 is 2.31 bits per heavy atom. The number of morpholine rings is 1. The van der Waals surface area contributed by atoms with Crippen LogP contribution >= 0.6 is 0 Å². The Morgan fingerprint density at radius 1 is 1.44 bits per heavy atom. The molecule has 0 amide bonds. The van der Waals surface area contributed by atoms with E-state index in [1.54, 1.807) is 0 Å². The molecule has 1 rings (SSSR count). The summed E-state index contributed by atoms with van der Waals surface area (Å²) in [4.78, 5) is 11.4. The number of unbranched alkanes of at least 4 members (excludes halogenated alkanes) is 3. The van der Waals surface area contributed by atoms with E-state index >= 15 is 0 Å². The molecule has 1 N–H and O–H groups in total. The average Bonchev–Trinajstić information content (AvgIpc) is 2.30. The van der Waals surface area contributed by atoms with Crippen LogP contribution in [0.15, 0.2) is 0 Å². The van der Waals surface area contributed by atoms with E-state index in [-0.39, 0.29) is 12.0 Å². The normalized spacial score (nSPS) is 20.7. The molecule has 1 atom stereocenters. The van der Waals surface area contributed by atoms with E-state index in [2.05, 4.69) is 12.2 Å². The Hall–Kier alpha value is -0.610. The quantitative estimate of drug-likeness (QED) is 0.531. The molecule has 0 aromatic rings. The number of carbonyl (C=O) groups is 1. The van der Waals surface area contributed by atoms with Crippen LogP contribution in [0.25, 0.3) is 0 Å². The second-order valence-electron chi connectivity index (χ2n) is 4.21. The lowest BCUT2D eigenvalue weighted by Crippen LogP contribution is -2.42. The van der Waals surface area contributed by atoms with Gasteiger partial charge in [-0.15, -0.1) is 0 Å². The number of hydrogen-bond acceptors (Lipinski definition) is 4. The topological polar surface area (TPSA) is 47.6 Å². The Bertz CT molecular complexity index is 191. The van der Waals surface area contributed by atoms with Crippen molar-refractivity contribution in [2.24, 2.45) is 0 Å². The summed E-state index contributed by atoms with van der Waals surface area (Å²) in [6.07, 6.45) is 4.98. The van der Waals surface area contributed by atoms with Crippen molar-refractivity contribution in [1.82, 2.24) is 5.32 Å². The van der Waals surface area contributed by atoms with Crippen molar-refractivity contribution in [1.29, 1.82) is 0 Å². The third-order valence-electron chi connectivity index (χ3n) is 2.67. The third kappa shape index (κ3) is 6.08. The average molecular weight is 229 g/mol. The summed E-state index contributed by atoms with van der Waals surface area (Å²) < 4.78 is 10.4. The second kappa shape index (κ2) is 8.53. The number of ether oxygens (including phenoxy) is 2. The molecule has 1 fully saturated rings. The van der Waals surface area contributed by atoms with Gasteiger partial charge in [-0.2, -0.15) is 0 Å². The van der Waals surface area contributed by atoms with Crippen LogP contribution in [0, 0.1) is 0 Å². The molecular weight excluding hydrogens is 206 g/mol. The van der Waals surface area contributed by atoms with E-state index in [4.69, 9.17) is 9.47 Å². The SMILES string of the molecule is CCCCCCOC(=O)CC1COCCN1. The van der Waals surface area contributed by atoms with Gasteiger partial charge in [0.05, 0.1) is 26.2 Å². The molecule has 94 valence electrons. The second-order valence-corrected chi connectivity index (χ2v) is 4.21. The van der Waals surface area contributed by atoms with Crippen molar-refractivity contribution in [3.63, 3.8) is 0 Å². The zero-order valence-corrected chi connectivity index (χ0v) is 10.2. The van der Waals surface area contributed by atoms with E-state index in [1.165, 1.54) is 12.8 Å². The third-order valence-corrected chi connectivity index (χ3v) is 2.67. The van der Waals surface area contributed by atoms with Crippen LogP contribution in [0.2, 0.25) is 0 Å². The van der Waals surface area contributed by atoms with Crippen LogP contribution in [0.3, 0.4) is 0 Å². The summed E-state index contributed by atoms with van der Waals surface area (Å²) in [6.45, 7) is 4.91. The van der Waals surface area contributed by atoms with E-state index < -0.39 is 0 Å². The molecule has 0 aromatic carbocycles. The minimum Gasteiger partial charge on any atom is -0.466 e. The molecule has 0 bridgehead atoms. The largest absolute Gasteiger partial charge is 0.466 e. The van der Waals surface area contributed by atoms with Crippen molar-refractivity contribution >= 4 is 5.97 Å². The van der Waals surface area contributed by atoms with Crippen molar-refractivity contribution < 1.29 is 14.3 Å². The minimum atomic E-state index is -0.112. The Balaban J connectivity index is 1.97. The van der Waals surface area contributed by atoms with Gasteiger partial charge in [0.15, 0.2) is 0 Å². The van der Waals surface area contributed by atoms with E-state index in [0.29, 0.717) is 19.6 Å². The molecular formula is C12H23NO3. The van der Waals surface area contributed by atoms with Crippen LogP contribution in [0.1, 0.15) is 39.0 Å². The van der Waals surface area contributed by atoms with Gasteiger partial charge in [-0.1, -0.05) is 26.2 Å². The lowest BCUT2D eigenvalue weighted by atomic mass is 10.2. The standard InChI is InChI=1S/C12H23NO3/c1-2-3-4-5-7-16-12(14)9-11-10-15-8-6-13-11/h11,13H,2-10H2,1H3. The van der Waals surface area contributed by atoms with Crippen LogP contribution in [0.4, 0.5) is 0 Å². The summed E-state index contributed by atoms with van der Waals surface area (Å²) in [5.41, 5.74) is 0. The van der Waals surface area contributed by atoms with Crippen LogP contribution < -0.4 is 5.32 Å². The first-order valence-electron chi connectivity index (χ1n) is 6.29. The summed E-state index contributed by atoms with van der Waals surface area (Å²) in [5, 5.41) is 3.23. The van der Waals surface area contributed by atoms with Crippen molar-refractivity contribution in [2.75, 3.05) is 26.4 Å². The van der Waals surface area contributed by atoms with Gasteiger partial charge in [0.25, 0.3) is 0 Å². The van der Waals surface area contributed by atoms with Gasteiger partial charge in [0, 0.05) is 12.6 Å². The minimum absolute atomic E-state index is 0.112. The first-order valence-corrected chi connectivity index (χ1v) is 6.29. The fourth-order valence-electron chi connectivity index (χ4n) is 1.73. The van der Waals surface area contributed by atoms with E-state index in [1.807, 2.05) is 0 Å². The molecule has 0 saturated carbocycles. The molecule has 0 aromatic heterocycles. The highest BCUT2D eigenvalue weighted by atomic mass is 16.5.